The van der Waals surface area contributed by atoms with E-state index < -0.39 is 21.7 Å². The average molecular weight is 412 g/mol. The van der Waals surface area contributed by atoms with E-state index in [0.717, 1.165) is 33.6 Å². The van der Waals surface area contributed by atoms with Crippen LogP contribution in [-0.2, 0) is 16.6 Å². The number of carbonyl (C=O) groups is 1. The van der Waals surface area contributed by atoms with Gasteiger partial charge in [-0.1, -0.05) is 48.0 Å². The number of carbonyl (C=O) groups excluding carboxylic acids is 1. The molecule has 0 unspecified atom stereocenters. The first-order chi connectivity index (χ1) is 13.8. The maximum atomic E-state index is 14.3. The van der Waals surface area contributed by atoms with Crippen LogP contribution in [0.25, 0.3) is 0 Å². The Labute approximate surface area is 169 Å². The van der Waals surface area contributed by atoms with Gasteiger partial charge in [-0.3, -0.25) is 4.79 Å². The fraction of sp³-hybridized carbons (Fsp3) is 0.136. The summed E-state index contributed by atoms with van der Waals surface area (Å²) in [7, 11) is -2.46. The van der Waals surface area contributed by atoms with Crippen LogP contribution in [0.15, 0.2) is 77.7 Å². The molecule has 1 amide bonds. The average Bonchev–Trinajstić information content (AvgIpc) is 2.70. The van der Waals surface area contributed by atoms with Crippen LogP contribution in [0.2, 0.25) is 0 Å². The Morgan fingerprint density at radius 1 is 1.00 bits per heavy atom. The molecule has 0 heterocycles. The summed E-state index contributed by atoms with van der Waals surface area (Å²) in [5.41, 5.74) is 2.00. The molecule has 0 bridgehead atoms. The molecule has 0 aliphatic rings. The van der Waals surface area contributed by atoms with E-state index in [9.17, 15) is 17.6 Å². The summed E-state index contributed by atoms with van der Waals surface area (Å²) in [4.78, 5) is 12.4. The standard InChI is InChI=1S/C22H21FN2O3S/c1-16-8-10-18(11-9-16)24-22(26)20-14-19(12-13-21(20)23)29(27,28)25(2)15-17-6-4-3-5-7-17/h3-14H,15H2,1-2H3,(H,24,26). The van der Waals surface area contributed by atoms with Gasteiger partial charge in [0, 0.05) is 19.3 Å². The zero-order chi connectivity index (χ0) is 21.0. The number of rotatable bonds is 6. The maximum absolute atomic E-state index is 14.3. The Morgan fingerprint density at radius 3 is 2.31 bits per heavy atom. The van der Waals surface area contributed by atoms with Gasteiger partial charge in [0.15, 0.2) is 0 Å². The first kappa shape index (κ1) is 20.7. The largest absolute Gasteiger partial charge is 0.322 e. The molecule has 0 saturated carbocycles. The summed E-state index contributed by atoms with van der Waals surface area (Å²) in [6.07, 6.45) is 0. The third-order valence-electron chi connectivity index (χ3n) is 4.45. The van der Waals surface area contributed by atoms with E-state index in [1.807, 2.05) is 49.4 Å². The van der Waals surface area contributed by atoms with Crippen LogP contribution >= 0.6 is 0 Å². The molecular weight excluding hydrogens is 391 g/mol. The number of benzene rings is 3. The number of nitrogens with zero attached hydrogens (tertiary/aromatic N) is 1. The molecule has 1 N–H and O–H groups in total. The minimum absolute atomic E-state index is 0.147. The predicted octanol–water partition coefficient (Wildman–Crippen LogP) is 4.21. The number of amides is 1. The molecule has 0 spiro atoms. The van der Waals surface area contributed by atoms with E-state index in [2.05, 4.69) is 5.32 Å². The number of hydrogen-bond acceptors (Lipinski definition) is 3. The molecule has 0 aliphatic carbocycles. The first-order valence-corrected chi connectivity index (χ1v) is 10.4. The van der Waals surface area contributed by atoms with E-state index in [4.69, 9.17) is 0 Å². The van der Waals surface area contributed by atoms with Gasteiger partial charge in [0.1, 0.15) is 5.82 Å². The van der Waals surface area contributed by atoms with Crippen molar-refractivity contribution in [3.05, 3.63) is 95.3 Å². The number of hydrogen-bond donors (Lipinski definition) is 1. The monoisotopic (exact) mass is 412 g/mol. The van der Waals surface area contributed by atoms with Crippen LogP contribution < -0.4 is 5.32 Å². The SMILES string of the molecule is Cc1ccc(NC(=O)c2cc(S(=O)(=O)N(C)Cc3ccccc3)ccc2F)cc1. The van der Waals surface area contributed by atoms with Crippen molar-refractivity contribution in [2.24, 2.45) is 0 Å². The van der Waals surface area contributed by atoms with Gasteiger partial charge in [-0.2, -0.15) is 4.31 Å². The van der Waals surface area contributed by atoms with E-state index in [-0.39, 0.29) is 17.0 Å². The molecule has 0 aromatic heterocycles. The quantitative estimate of drug-likeness (QED) is 0.660. The van der Waals surface area contributed by atoms with Gasteiger partial charge in [-0.15, -0.1) is 0 Å². The zero-order valence-corrected chi connectivity index (χ0v) is 16.9. The van der Waals surface area contributed by atoms with Gasteiger partial charge in [0.25, 0.3) is 5.91 Å². The van der Waals surface area contributed by atoms with E-state index >= 15 is 0 Å². The lowest BCUT2D eigenvalue weighted by Gasteiger charge is -2.18. The molecule has 0 saturated heterocycles. The highest BCUT2D eigenvalue weighted by Crippen LogP contribution is 2.21. The van der Waals surface area contributed by atoms with Gasteiger partial charge in [-0.25, -0.2) is 12.8 Å². The van der Waals surface area contributed by atoms with E-state index in [1.165, 1.54) is 7.05 Å². The van der Waals surface area contributed by atoms with Crippen LogP contribution in [0.3, 0.4) is 0 Å². The molecule has 7 heteroatoms. The zero-order valence-electron chi connectivity index (χ0n) is 16.1. The molecule has 0 fully saturated rings. The Morgan fingerprint density at radius 2 is 1.66 bits per heavy atom. The molecule has 5 nitrogen and oxygen atoms in total. The molecule has 0 atom stereocenters. The van der Waals surface area contributed by atoms with Crippen molar-refractivity contribution in [1.29, 1.82) is 0 Å². The third-order valence-corrected chi connectivity index (χ3v) is 6.25. The fourth-order valence-electron chi connectivity index (χ4n) is 2.78. The number of nitrogens with one attached hydrogen (secondary N) is 1. The molecular formula is C22H21FN2O3S. The number of aryl methyl sites for hydroxylation is 1. The molecule has 150 valence electrons. The van der Waals surface area contributed by atoms with Crippen molar-refractivity contribution in [1.82, 2.24) is 4.31 Å². The van der Waals surface area contributed by atoms with Crippen LogP contribution in [0, 0.1) is 12.7 Å². The van der Waals surface area contributed by atoms with Crippen LogP contribution in [0.4, 0.5) is 10.1 Å². The Balaban J connectivity index is 1.85. The normalized spacial score (nSPS) is 11.4. The van der Waals surface area contributed by atoms with Gasteiger partial charge in [0.05, 0.1) is 10.5 Å². The van der Waals surface area contributed by atoms with Crippen molar-refractivity contribution >= 4 is 21.6 Å². The smallest absolute Gasteiger partial charge is 0.258 e. The number of sulfonamides is 1. The van der Waals surface area contributed by atoms with Crippen molar-refractivity contribution in [3.8, 4) is 0 Å². The van der Waals surface area contributed by atoms with Gasteiger partial charge >= 0.3 is 0 Å². The maximum Gasteiger partial charge on any atom is 0.258 e. The second-order valence-electron chi connectivity index (χ2n) is 6.71. The van der Waals surface area contributed by atoms with Crippen LogP contribution in [0.1, 0.15) is 21.5 Å². The van der Waals surface area contributed by atoms with Gasteiger partial charge < -0.3 is 5.32 Å². The summed E-state index contributed by atoms with van der Waals surface area (Å²) in [6.45, 7) is 2.07. The summed E-state index contributed by atoms with van der Waals surface area (Å²) in [5.74, 6) is -1.51. The van der Waals surface area contributed by atoms with E-state index in [0.29, 0.717) is 5.69 Å². The topological polar surface area (TPSA) is 66.5 Å². The second kappa shape index (κ2) is 8.55. The lowest BCUT2D eigenvalue weighted by Crippen LogP contribution is -2.27. The summed E-state index contributed by atoms with van der Waals surface area (Å²) in [6, 6.07) is 19.3. The van der Waals surface area contributed by atoms with Crippen LogP contribution in [-0.4, -0.2) is 25.7 Å². The minimum atomic E-state index is -3.90. The highest BCUT2D eigenvalue weighted by molar-refractivity contribution is 7.89. The van der Waals surface area contributed by atoms with E-state index in [1.54, 1.807) is 12.1 Å². The van der Waals surface area contributed by atoms with Gasteiger partial charge in [0.2, 0.25) is 10.0 Å². The molecule has 3 aromatic carbocycles. The van der Waals surface area contributed by atoms with Crippen molar-refractivity contribution in [2.75, 3.05) is 12.4 Å². The summed E-state index contributed by atoms with van der Waals surface area (Å²) in [5, 5.41) is 2.59. The minimum Gasteiger partial charge on any atom is -0.322 e. The first-order valence-electron chi connectivity index (χ1n) is 8.95. The van der Waals surface area contributed by atoms with Crippen molar-refractivity contribution < 1.29 is 17.6 Å². The Kier molecular flexibility index (Phi) is 6.10. The van der Waals surface area contributed by atoms with Crippen LogP contribution in [0.5, 0.6) is 0 Å². The predicted molar refractivity (Wildman–Crippen MR) is 111 cm³/mol. The van der Waals surface area contributed by atoms with Crippen molar-refractivity contribution in [2.45, 2.75) is 18.4 Å². The third kappa shape index (κ3) is 4.88. The number of halogens is 1. The molecule has 0 aliphatic heterocycles. The second-order valence-corrected chi connectivity index (χ2v) is 8.75. The molecule has 3 aromatic rings. The Bertz CT molecular complexity index is 1110. The number of anilines is 1. The Hall–Kier alpha value is -3.03. The highest BCUT2D eigenvalue weighted by atomic mass is 32.2. The van der Waals surface area contributed by atoms with Crippen molar-refractivity contribution in [3.63, 3.8) is 0 Å². The van der Waals surface area contributed by atoms with Gasteiger partial charge in [-0.05, 0) is 42.8 Å². The fourth-order valence-corrected chi connectivity index (χ4v) is 3.97. The molecule has 3 rings (SSSR count). The summed E-state index contributed by atoms with van der Waals surface area (Å²) >= 11 is 0. The highest BCUT2D eigenvalue weighted by Gasteiger charge is 2.24. The molecule has 0 radical (unpaired) electrons. The lowest BCUT2D eigenvalue weighted by molar-refractivity contribution is 0.102. The lowest BCUT2D eigenvalue weighted by atomic mass is 10.2. The molecule has 29 heavy (non-hydrogen) atoms. The summed E-state index contributed by atoms with van der Waals surface area (Å²) < 4.78 is 41.2.